The van der Waals surface area contributed by atoms with Crippen molar-refractivity contribution in [3.8, 4) is 0 Å². The first-order chi connectivity index (χ1) is 19.2. The standard InChI is InChI=1S/C24H33N5O2.C7H15NO/c1-5-23(18(4)22-12-19(15-30)6-7-24(22)25-16-31)27-20-13-26-29(14-20)21-8-10-28(11-9-21)17(2)3;1-7(6-8-2)4-3-5-9-7/h6-7,12-17,21,27H,5,8-11H2,1-4H3,(H,25,31);8H,3-6H2,1-2H3/b23-18+;. The average Bonchev–Trinajstić information content (AvgIpc) is 3.61. The number of nitrogens with zero attached hydrogens (tertiary/aromatic N) is 3. The lowest BCUT2D eigenvalue weighted by Gasteiger charge is -2.34. The Morgan fingerprint density at radius 1 is 1.25 bits per heavy atom. The zero-order valence-corrected chi connectivity index (χ0v) is 25.1. The summed E-state index contributed by atoms with van der Waals surface area (Å²) in [6.07, 6.45) is 10.8. The predicted octanol–water partition coefficient (Wildman–Crippen LogP) is 5.34. The molecule has 2 aliphatic rings. The maximum absolute atomic E-state index is 11.3. The number of carbonyl (C=O) groups excluding carboxylic acids is 2. The molecule has 3 heterocycles. The Bertz CT molecular complexity index is 1130. The van der Waals surface area contributed by atoms with E-state index in [-0.39, 0.29) is 5.60 Å². The van der Waals surface area contributed by atoms with Crippen LogP contribution in [0, 0.1) is 0 Å². The van der Waals surface area contributed by atoms with E-state index in [1.54, 1.807) is 18.2 Å². The highest BCUT2D eigenvalue weighted by Gasteiger charge is 2.28. The van der Waals surface area contributed by atoms with Gasteiger partial charge in [0.25, 0.3) is 0 Å². The summed E-state index contributed by atoms with van der Waals surface area (Å²) >= 11 is 0. The van der Waals surface area contributed by atoms with Gasteiger partial charge in [0.2, 0.25) is 6.41 Å². The number of amides is 1. The van der Waals surface area contributed by atoms with E-state index in [9.17, 15) is 9.59 Å². The number of nitrogens with one attached hydrogen (secondary N) is 3. The number of benzene rings is 1. The van der Waals surface area contributed by atoms with Crippen LogP contribution in [0.4, 0.5) is 11.4 Å². The molecule has 2 aromatic rings. The highest BCUT2D eigenvalue weighted by Crippen LogP contribution is 2.30. The lowest BCUT2D eigenvalue weighted by Crippen LogP contribution is -2.39. The normalized spacial score (nSPS) is 20.5. The second kappa shape index (κ2) is 15.1. The van der Waals surface area contributed by atoms with E-state index in [1.165, 1.54) is 12.8 Å². The number of hydrogen-bond acceptors (Lipinski definition) is 7. The summed E-state index contributed by atoms with van der Waals surface area (Å²) < 4.78 is 7.60. The van der Waals surface area contributed by atoms with Gasteiger partial charge in [-0.1, -0.05) is 6.92 Å². The Balaban J connectivity index is 0.000000415. The molecule has 2 aliphatic heterocycles. The molecule has 0 bridgehead atoms. The van der Waals surface area contributed by atoms with E-state index < -0.39 is 0 Å². The minimum Gasteiger partial charge on any atom is -0.374 e. The van der Waals surface area contributed by atoms with Crippen molar-refractivity contribution in [3.63, 3.8) is 0 Å². The van der Waals surface area contributed by atoms with Crippen LogP contribution < -0.4 is 16.0 Å². The number of likely N-dealkylation sites (tertiary alicyclic amines) is 1. The smallest absolute Gasteiger partial charge is 0.211 e. The lowest BCUT2D eigenvalue weighted by atomic mass is 9.99. The third-order valence-electron chi connectivity index (χ3n) is 7.96. The molecule has 2 saturated heterocycles. The Morgan fingerprint density at radius 2 is 2.00 bits per heavy atom. The number of aldehydes is 1. The van der Waals surface area contributed by atoms with Gasteiger partial charge < -0.3 is 25.6 Å². The van der Waals surface area contributed by atoms with Crippen LogP contribution in [0.25, 0.3) is 5.57 Å². The largest absolute Gasteiger partial charge is 0.374 e. The molecule has 0 aliphatic carbocycles. The fraction of sp³-hybridized carbons (Fsp3) is 0.581. The molecule has 4 rings (SSSR count). The van der Waals surface area contributed by atoms with Crippen LogP contribution in [-0.2, 0) is 9.53 Å². The summed E-state index contributed by atoms with van der Waals surface area (Å²) in [6, 6.07) is 6.27. The van der Waals surface area contributed by atoms with Crippen molar-refractivity contribution < 1.29 is 14.3 Å². The van der Waals surface area contributed by atoms with Crippen LogP contribution in [0.15, 0.2) is 36.3 Å². The minimum atomic E-state index is 0.134. The molecule has 0 spiro atoms. The molecule has 1 atom stereocenters. The van der Waals surface area contributed by atoms with Crippen molar-refractivity contribution in [1.82, 2.24) is 20.0 Å². The molecule has 1 aromatic heterocycles. The summed E-state index contributed by atoms with van der Waals surface area (Å²) in [4.78, 5) is 24.8. The summed E-state index contributed by atoms with van der Waals surface area (Å²) in [5, 5.41) is 14.0. The van der Waals surface area contributed by atoms with Crippen molar-refractivity contribution in [2.45, 2.75) is 84.4 Å². The monoisotopic (exact) mass is 552 g/mol. The Kier molecular flexibility index (Phi) is 11.9. The lowest BCUT2D eigenvalue weighted by molar-refractivity contribution is -0.105. The Hall–Kier alpha value is -3.01. The molecule has 0 radical (unpaired) electrons. The van der Waals surface area contributed by atoms with Crippen molar-refractivity contribution >= 4 is 29.6 Å². The van der Waals surface area contributed by atoms with E-state index >= 15 is 0 Å². The molecule has 0 saturated carbocycles. The van der Waals surface area contributed by atoms with Crippen LogP contribution in [0.5, 0.6) is 0 Å². The fourth-order valence-corrected chi connectivity index (χ4v) is 5.54. The maximum atomic E-state index is 11.3. The molecule has 1 aromatic carbocycles. The van der Waals surface area contributed by atoms with Gasteiger partial charge >= 0.3 is 0 Å². The van der Waals surface area contributed by atoms with Gasteiger partial charge in [0.15, 0.2) is 0 Å². The molecule has 9 heteroatoms. The zero-order chi connectivity index (χ0) is 29.1. The second-order valence-corrected chi connectivity index (χ2v) is 11.3. The van der Waals surface area contributed by atoms with Gasteiger partial charge in [-0.25, -0.2) is 0 Å². The molecule has 1 amide bonds. The van der Waals surface area contributed by atoms with Crippen LogP contribution in [0.1, 0.15) is 88.7 Å². The van der Waals surface area contributed by atoms with E-state index in [2.05, 4.69) is 64.5 Å². The molecular weight excluding hydrogens is 504 g/mol. The van der Waals surface area contributed by atoms with Crippen molar-refractivity contribution in [1.29, 1.82) is 0 Å². The molecule has 1 unspecified atom stereocenters. The number of hydrogen-bond donors (Lipinski definition) is 3. The Labute approximate surface area is 239 Å². The molecule has 3 N–H and O–H groups in total. The SMILES string of the molecule is CC/C(Nc1cnn(C2CCN(C(C)C)CC2)c1)=C(/C)c1cc(C=O)ccc1NC=O.CNCC1(C)CCCO1. The van der Waals surface area contributed by atoms with Crippen LogP contribution in [-0.4, -0.2) is 72.3 Å². The summed E-state index contributed by atoms with van der Waals surface area (Å²) in [7, 11) is 1.97. The summed E-state index contributed by atoms with van der Waals surface area (Å²) in [5.74, 6) is 0. The number of aromatic nitrogens is 2. The highest BCUT2D eigenvalue weighted by atomic mass is 16.5. The fourth-order valence-electron chi connectivity index (χ4n) is 5.54. The quantitative estimate of drug-likeness (QED) is 0.324. The number of allylic oxidation sites excluding steroid dienone is 2. The number of carbonyl (C=O) groups is 2. The van der Waals surface area contributed by atoms with Crippen molar-refractivity contribution in [2.75, 3.05) is 43.9 Å². The molecule has 40 heavy (non-hydrogen) atoms. The first-order valence-electron chi connectivity index (χ1n) is 14.6. The number of rotatable bonds is 11. The number of anilines is 2. The molecule has 220 valence electrons. The van der Waals surface area contributed by atoms with E-state index in [1.807, 2.05) is 20.2 Å². The van der Waals surface area contributed by atoms with Gasteiger partial charge in [-0.3, -0.25) is 14.3 Å². The van der Waals surface area contributed by atoms with E-state index in [0.717, 1.165) is 74.3 Å². The first-order valence-corrected chi connectivity index (χ1v) is 14.6. The summed E-state index contributed by atoms with van der Waals surface area (Å²) in [6.45, 7) is 14.9. The van der Waals surface area contributed by atoms with Crippen molar-refractivity contribution in [3.05, 3.63) is 47.4 Å². The molecule has 9 nitrogen and oxygen atoms in total. The topological polar surface area (TPSA) is 101 Å². The van der Waals surface area contributed by atoms with Gasteiger partial charge in [-0.15, -0.1) is 0 Å². The number of ether oxygens (including phenoxy) is 1. The van der Waals surface area contributed by atoms with Gasteiger partial charge in [0, 0.05) is 61.0 Å². The zero-order valence-electron chi connectivity index (χ0n) is 25.1. The molecular formula is C31H48N6O3. The first kappa shape index (κ1) is 31.5. The predicted molar refractivity (Wildman–Crippen MR) is 163 cm³/mol. The Morgan fingerprint density at radius 3 is 2.58 bits per heavy atom. The minimum absolute atomic E-state index is 0.134. The van der Waals surface area contributed by atoms with Crippen molar-refractivity contribution in [2.24, 2.45) is 0 Å². The highest BCUT2D eigenvalue weighted by molar-refractivity contribution is 5.88. The number of likely N-dealkylation sites (N-methyl/N-ethyl adjacent to an activating group) is 1. The van der Waals surface area contributed by atoms with Gasteiger partial charge in [-0.2, -0.15) is 5.10 Å². The molecule has 2 fully saturated rings. The van der Waals surface area contributed by atoms with E-state index in [0.29, 0.717) is 29.7 Å². The third-order valence-corrected chi connectivity index (χ3v) is 7.96. The van der Waals surface area contributed by atoms with Crippen LogP contribution in [0.2, 0.25) is 0 Å². The number of piperidine rings is 1. The van der Waals surface area contributed by atoms with E-state index in [4.69, 9.17) is 4.74 Å². The van der Waals surface area contributed by atoms with Gasteiger partial charge in [0.05, 0.1) is 23.5 Å². The van der Waals surface area contributed by atoms with Crippen LogP contribution >= 0.6 is 0 Å². The summed E-state index contributed by atoms with van der Waals surface area (Å²) in [5.41, 5.74) is 5.16. The average molecular weight is 553 g/mol. The van der Waals surface area contributed by atoms with Gasteiger partial charge in [0.1, 0.15) is 6.29 Å². The van der Waals surface area contributed by atoms with Gasteiger partial charge in [-0.05, 0) is 90.6 Å². The third kappa shape index (κ3) is 8.49. The van der Waals surface area contributed by atoms with Crippen LogP contribution in [0.3, 0.4) is 0 Å². The second-order valence-electron chi connectivity index (χ2n) is 11.3. The maximum Gasteiger partial charge on any atom is 0.211 e.